The molecular formula is C36H52ClFO3. The van der Waals surface area contributed by atoms with E-state index in [2.05, 4.69) is 37.3 Å². The minimum Gasteiger partial charge on any atom is -0.492 e. The average molecular weight is 587 g/mol. The van der Waals surface area contributed by atoms with E-state index in [1.165, 1.54) is 50.5 Å². The van der Waals surface area contributed by atoms with Crippen molar-refractivity contribution in [2.45, 2.75) is 129 Å². The highest BCUT2D eigenvalue weighted by molar-refractivity contribution is 6.32. The zero-order valence-corrected chi connectivity index (χ0v) is 26.2. The second kappa shape index (κ2) is 17.8. The first-order chi connectivity index (χ1) is 19.9. The van der Waals surface area contributed by atoms with Gasteiger partial charge in [-0.3, -0.25) is 0 Å². The first-order valence-corrected chi connectivity index (χ1v) is 16.7. The van der Waals surface area contributed by atoms with E-state index < -0.39 is 11.6 Å². The van der Waals surface area contributed by atoms with Crippen LogP contribution in [-0.4, -0.2) is 23.4 Å². The molecule has 0 aliphatic heterocycles. The molecule has 5 heteroatoms. The highest BCUT2D eigenvalue weighted by Gasteiger charge is 2.47. The molecule has 1 N–H and O–H groups in total. The van der Waals surface area contributed by atoms with Crippen LogP contribution in [0.3, 0.4) is 0 Å². The van der Waals surface area contributed by atoms with Gasteiger partial charge in [-0.2, -0.15) is 0 Å². The fourth-order valence-electron chi connectivity index (χ4n) is 6.31. The van der Waals surface area contributed by atoms with E-state index in [0.717, 1.165) is 61.8 Å². The van der Waals surface area contributed by atoms with E-state index in [1.54, 1.807) is 0 Å². The molecule has 1 aliphatic rings. The van der Waals surface area contributed by atoms with Gasteiger partial charge in [-0.1, -0.05) is 126 Å². The number of carbonyl (C=O) groups is 1. The molecule has 0 bridgehead atoms. The molecule has 3 nitrogen and oxygen atoms in total. The van der Waals surface area contributed by atoms with Gasteiger partial charge in [0.1, 0.15) is 5.75 Å². The Balaban J connectivity index is 1.46. The number of hydrogen-bond donors (Lipinski definition) is 1. The first-order valence-electron chi connectivity index (χ1n) is 16.3. The standard InChI is InChI=1S/C36H52ClFO3/c1-3-5-6-7-8-9-10-14-25-41-34-24-23-31(26-33(34)37)30-21-19-29(20-22-30)18-17-28(4-2)27-36(38,35(39)40)32-15-12-11-13-16-32/h19-24,26,28,32H,3-18,25,27H2,1-2H3,(H,39,40)/t28?,36-/m0/s1. The van der Waals surface area contributed by atoms with Gasteiger partial charge >= 0.3 is 5.97 Å². The molecule has 41 heavy (non-hydrogen) atoms. The molecule has 0 radical (unpaired) electrons. The monoisotopic (exact) mass is 586 g/mol. The Morgan fingerprint density at radius 1 is 0.951 bits per heavy atom. The van der Waals surface area contributed by atoms with E-state index in [0.29, 0.717) is 24.5 Å². The van der Waals surface area contributed by atoms with E-state index >= 15 is 4.39 Å². The molecule has 1 unspecified atom stereocenters. The Labute approximate surface area is 253 Å². The number of carboxylic acid groups (broad SMARTS) is 1. The van der Waals surface area contributed by atoms with Crippen LogP contribution in [-0.2, 0) is 11.2 Å². The summed E-state index contributed by atoms with van der Waals surface area (Å²) in [4.78, 5) is 12.0. The van der Waals surface area contributed by atoms with Crippen LogP contribution in [0, 0.1) is 11.8 Å². The van der Waals surface area contributed by atoms with Crippen LogP contribution in [0.5, 0.6) is 5.75 Å². The van der Waals surface area contributed by atoms with Crippen molar-refractivity contribution in [3.05, 3.63) is 53.1 Å². The normalized spacial score (nSPS) is 16.3. The topological polar surface area (TPSA) is 46.5 Å². The fraction of sp³-hybridized carbons (Fsp3) is 0.639. The van der Waals surface area contributed by atoms with E-state index in [4.69, 9.17) is 16.3 Å². The Hall–Kier alpha value is -2.07. The predicted octanol–water partition coefficient (Wildman–Crippen LogP) is 11.2. The Kier molecular flexibility index (Phi) is 14.5. The number of benzene rings is 2. The van der Waals surface area contributed by atoms with Gasteiger partial charge in [0.05, 0.1) is 11.6 Å². The molecule has 2 atom stereocenters. The zero-order valence-electron chi connectivity index (χ0n) is 25.4. The largest absolute Gasteiger partial charge is 0.492 e. The zero-order chi connectivity index (χ0) is 29.5. The minimum atomic E-state index is -2.10. The van der Waals surface area contributed by atoms with Gasteiger partial charge in [-0.25, -0.2) is 9.18 Å². The Morgan fingerprint density at radius 2 is 1.59 bits per heavy atom. The third-order valence-corrected chi connectivity index (χ3v) is 9.38. The summed E-state index contributed by atoms with van der Waals surface area (Å²) in [5.74, 6) is -0.833. The van der Waals surface area contributed by atoms with Crippen LogP contribution in [0.2, 0.25) is 5.02 Å². The summed E-state index contributed by atoms with van der Waals surface area (Å²) >= 11 is 6.56. The molecular weight excluding hydrogens is 535 g/mol. The van der Waals surface area contributed by atoms with E-state index in [1.807, 2.05) is 19.1 Å². The van der Waals surface area contributed by atoms with Crippen LogP contribution in [0.1, 0.15) is 122 Å². The predicted molar refractivity (Wildman–Crippen MR) is 170 cm³/mol. The van der Waals surface area contributed by atoms with Crippen LogP contribution in [0.4, 0.5) is 4.39 Å². The lowest BCUT2D eigenvalue weighted by molar-refractivity contribution is -0.158. The second-order valence-corrected chi connectivity index (χ2v) is 12.6. The van der Waals surface area contributed by atoms with Crippen LogP contribution < -0.4 is 4.74 Å². The van der Waals surface area contributed by atoms with Crippen LogP contribution in [0.25, 0.3) is 11.1 Å². The summed E-state index contributed by atoms with van der Waals surface area (Å²) in [6.07, 6.45) is 17.0. The van der Waals surface area contributed by atoms with Crippen molar-refractivity contribution in [2.24, 2.45) is 11.8 Å². The maximum atomic E-state index is 15.8. The van der Waals surface area contributed by atoms with Crippen LogP contribution in [0.15, 0.2) is 42.5 Å². The van der Waals surface area contributed by atoms with Crippen molar-refractivity contribution in [1.29, 1.82) is 0 Å². The van der Waals surface area contributed by atoms with Gasteiger partial charge in [0, 0.05) is 5.92 Å². The van der Waals surface area contributed by atoms with Gasteiger partial charge in [0.15, 0.2) is 0 Å². The maximum Gasteiger partial charge on any atom is 0.341 e. The summed E-state index contributed by atoms with van der Waals surface area (Å²) in [6.45, 7) is 4.99. The molecule has 0 spiro atoms. The number of aryl methyl sites for hydroxylation is 1. The van der Waals surface area contributed by atoms with Gasteiger partial charge in [-0.15, -0.1) is 0 Å². The number of hydrogen-bond acceptors (Lipinski definition) is 2. The number of halogens is 2. The molecule has 228 valence electrons. The van der Waals surface area contributed by atoms with Gasteiger partial charge in [-0.05, 0) is 73.3 Å². The molecule has 2 aromatic carbocycles. The number of aliphatic carboxylic acids is 1. The van der Waals surface area contributed by atoms with Gasteiger partial charge in [0.2, 0.25) is 5.67 Å². The van der Waals surface area contributed by atoms with Crippen molar-refractivity contribution in [2.75, 3.05) is 6.61 Å². The SMILES string of the molecule is CCCCCCCCCCOc1ccc(-c2ccc(CCC(CC)C[C@@](F)(C(=O)O)C3CCCCC3)cc2)cc1Cl. The molecule has 1 aliphatic carbocycles. The molecule has 0 heterocycles. The molecule has 0 saturated heterocycles. The van der Waals surface area contributed by atoms with Crippen molar-refractivity contribution in [3.8, 4) is 16.9 Å². The number of unbranched alkanes of at least 4 members (excludes halogenated alkanes) is 7. The summed E-state index contributed by atoms with van der Waals surface area (Å²) in [5, 5.41) is 10.4. The molecule has 2 aromatic rings. The summed E-state index contributed by atoms with van der Waals surface area (Å²) in [5.41, 5.74) is 1.21. The Morgan fingerprint density at radius 3 is 2.20 bits per heavy atom. The maximum absolute atomic E-state index is 15.8. The van der Waals surface area contributed by atoms with Crippen molar-refractivity contribution in [3.63, 3.8) is 0 Å². The molecule has 1 saturated carbocycles. The number of alkyl halides is 1. The van der Waals surface area contributed by atoms with Gasteiger partial charge < -0.3 is 9.84 Å². The van der Waals surface area contributed by atoms with Crippen molar-refractivity contribution in [1.82, 2.24) is 0 Å². The summed E-state index contributed by atoms with van der Waals surface area (Å²) in [6, 6.07) is 14.4. The lowest BCUT2D eigenvalue weighted by atomic mass is 9.73. The summed E-state index contributed by atoms with van der Waals surface area (Å²) in [7, 11) is 0. The third kappa shape index (κ3) is 10.6. The second-order valence-electron chi connectivity index (χ2n) is 12.2. The number of ether oxygens (including phenoxy) is 1. The first kappa shape index (κ1) is 33.4. The highest BCUT2D eigenvalue weighted by atomic mass is 35.5. The highest BCUT2D eigenvalue weighted by Crippen LogP contribution is 2.41. The van der Waals surface area contributed by atoms with E-state index in [9.17, 15) is 9.90 Å². The van der Waals surface area contributed by atoms with Crippen molar-refractivity contribution >= 4 is 17.6 Å². The molecule has 1 fully saturated rings. The smallest absolute Gasteiger partial charge is 0.341 e. The van der Waals surface area contributed by atoms with Gasteiger partial charge in [0.25, 0.3) is 0 Å². The minimum absolute atomic E-state index is 0.0508. The van der Waals surface area contributed by atoms with Crippen LogP contribution >= 0.6 is 11.6 Å². The molecule has 0 amide bonds. The fourth-order valence-corrected chi connectivity index (χ4v) is 6.54. The molecule has 3 rings (SSSR count). The average Bonchev–Trinajstić information content (AvgIpc) is 2.99. The van der Waals surface area contributed by atoms with Crippen molar-refractivity contribution < 1.29 is 19.0 Å². The quantitative estimate of drug-likeness (QED) is 0.166. The lowest BCUT2D eigenvalue weighted by Crippen LogP contribution is -2.44. The number of rotatable bonds is 19. The molecule has 0 aromatic heterocycles. The van der Waals surface area contributed by atoms with E-state index in [-0.39, 0.29) is 18.3 Å². The Bertz CT molecular complexity index is 1030. The lowest BCUT2D eigenvalue weighted by Gasteiger charge is -2.35. The third-order valence-electron chi connectivity index (χ3n) is 9.09. The number of carboxylic acids is 1. The summed E-state index contributed by atoms with van der Waals surface area (Å²) < 4.78 is 21.8.